The Morgan fingerprint density at radius 3 is 1.22 bits per heavy atom. The van der Waals surface area contributed by atoms with Crippen molar-refractivity contribution in [1.82, 2.24) is 5.32 Å². The van der Waals surface area contributed by atoms with Crippen LogP contribution in [-0.4, -0.2) is 84.8 Å². The third-order valence-corrected chi connectivity index (χ3v) is 11.6. The van der Waals surface area contributed by atoms with Crippen molar-refractivity contribution in [2.45, 2.75) is 101 Å². The summed E-state index contributed by atoms with van der Waals surface area (Å²) in [5.41, 5.74) is 5.82. The number of nitrogens with one attached hydrogen (secondary N) is 1. The molecule has 0 saturated carbocycles. The van der Waals surface area contributed by atoms with Crippen LogP contribution in [0.5, 0.6) is 0 Å². The van der Waals surface area contributed by atoms with Gasteiger partial charge >= 0.3 is 0 Å². The zero-order valence-electron chi connectivity index (χ0n) is 36.4. The van der Waals surface area contributed by atoms with Gasteiger partial charge in [0.2, 0.25) is 0 Å². The van der Waals surface area contributed by atoms with Gasteiger partial charge in [-0.2, -0.15) is 0 Å². The predicted molar refractivity (Wildman–Crippen MR) is 245 cm³/mol. The fourth-order valence-electron chi connectivity index (χ4n) is 8.17. The second-order valence-corrected chi connectivity index (χ2v) is 16.4. The summed E-state index contributed by atoms with van der Waals surface area (Å²) in [6, 6.07) is 58.3. The number of aliphatic hydroxyl groups excluding tert-OH is 2. The normalized spacial score (nSPS) is 25.6. The maximum absolute atomic E-state index is 12.3. The van der Waals surface area contributed by atoms with Gasteiger partial charge in [0.15, 0.2) is 12.6 Å². The third kappa shape index (κ3) is 13.5. The number of rotatable bonds is 22. The third-order valence-electron chi connectivity index (χ3n) is 11.6. The Morgan fingerprint density at radius 2 is 0.769 bits per heavy atom. The van der Waals surface area contributed by atoms with Crippen molar-refractivity contribution in [3.05, 3.63) is 215 Å². The van der Waals surface area contributed by atoms with E-state index in [1.807, 2.05) is 182 Å². The van der Waals surface area contributed by atoms with Crippen molar-refractivity contribution >= 4 is 0 Å². The Bertz CT molecular complexity index is 2210. The van der Waals surface area contributed by atoms with Crippen molar-refractivity contribution in [2.24, 2.45) is 0 Å². The Balaban J connectivity index is 1.13. The molecule has 0 aromatic heterocycles. The maximum atomic E-state index is 12.3. The molecule has 0 radical (unpaired) electrons. The van der Waals surface area contributed by atoms with Crippen molar-refractivity contribution in [3.8, 4) is 0 Å². The number of benzene rings is 6. The van der Waals surface area contributed by atoms with Gasteiger partial charge in [0, 0.05) is 6.54 Å². The molecule has 3 N–H and O–H groups in total. The van der Waals surface area contributed by atoms with Crippen LogP contribution in [0.25, 0.3) is 0 Å². The van der Waals surface area contributed by atoms with Gasteiger partial charge in [0.05, 0.1) is 52.3 Å². The van der Waals surface area contributed by atoms with Gasteiger partial charge in [-0.25, -0.2) is 0 Å². The lowest BCUT2D eigenvalue weighted by Crippen LogP contribution is -2.67. The largest absolute Gasteiger partial charge is 0.388 e. The summed E-state index contributed by atoms with van der Waals surface area (Å²) < 4.78 is 53.6. The van der Waals surface area contributed by atoms with Gasteiger partial charge in [-0.1, -0.05) is 182 Å². The Labute approximate surface area is 381 Å². The van der Waals surface area contributed by atoms with Gasteiger partial charge < -0.3 is 53.4 Å². The van der Waals surface area contributed by atoms with E-state index < -0.39 is 61.3 Å². The fourth-order valence-corrected chi connectivity index (χ4v) is 8.17. The number of hydrogen-bond donors (Lipinski definition) is 3. The summed E-state index contributed by atoms with van der Waals surface area (Å²) in [4.78, 5) is 0. The predicted octanol–water partition coefficient (Wildman–Crippen LogP) is 7.52. The second-order valence-electron chi connectivity index (χ2n) is 16.4. The summed E-state index contributed by atoms with van der Waals surface area (Å²) in [6.07, 6.45) is -8.89. The van der Waals surface area contributed by atoms with E-state index in [1.165, 1.54) is 0 Å². The minimum Gasteiger partial charge on any atom is -0.388 e. The summed E-state index contributed by atoms with van der Waals surface area (Å²) in [5, 5.41) is 27.1. The van der Waals surface area contributed by atoms with E-state index in [9.17, 15) is 10.2 Å². The smallest absolute Gasteiger partial charge is 0.187 e. The van der Waals surface area contributed by atoms with Crippen molar-refractivity contribution in [2.75, 3.05) is 13.2 Å². The molecule has 340 valence electrons. The van der Waals surface area contributed by atoms with Gasteiger partial charge in [-0.3, -0.25) is 0 Å². The van der Waals surface area contributed by atoms with E-state index in [4.69, 9.17) is 37.9 Å². The van der Waals surface area contributed by atoms with E-state index in [0.29, 0.717) is 13.2 Å². The molecule has 0 aliphatic carbocycles. The SMILES string of the molecule is O[C@@H]1[C@@H](NCc2ccccc2)[C@@H](O)O[C@H](COCc2ccccc2)[C@H]1O[C@H]1O[C@H](COCc2ccccc2)[C@@H](OCc2ccccc2)[C@H](OCc2ccccc2)[C@H]1OCc1ccccc1. The first-order valence-electron chi connectivity index (χ1n) is 22.4. The molecule has 0 amide bonds. The van der Waals surface area contributed by atoms with E-state index in [1.54, 1.807) is 0 Å². The molecular weight excluding hydrogens is 823 g/mol. The van der Waals surface area contributed by atoms with Gasteiger partial charge in [0.1, 0.15) is 42.7 Å². The zero-order chi connectivity index (χ0) is 44.5. The second kappa shape index (κ2) is 24.4. The van der Waals surface area contributed by atoms with Crippen LogP contribution in [0.4, 0.5) is 0 Å². The number of hydrogen-bond acceptors (Lipinski definition) is 11. The highest BCUT2D eigenvalue weighted by atomic mass is 16.7. The molecule has 0 bridgehead atoms. The molecule has 11 nitrogen and oxygen atoms in total. The molecule has 0 unspecified atom stereocenters. The molecule has 2 aliphatic rings. The minimum absolute atomic E-state index is 0.00169. The summed E-state index contributed by atoms with van der Waals surface area (Å²) in [5.74, 6) is 0. The molecule has 2 fully saturated rings. The molecule has 11 heteroatoms. The maximum Gasteiger partial charge on any atom is 0.187 e. The number of aliphatic hydroxyl groups is 2. The van der Waals surface area contributed by atoms with Gasteiger partial charge in [0.25, 0.3) is 0 Å². The quantitative estimate of drug-likeness (QED) is 0.0627. The molecule has 8 rings (SSSR count). The lowest BCUT2D eigenvalue weighted by atomic mass is 9.95. The van der Waals surface area contributed by atoms with Crippen LogP contribution in [0.15, 0.2) is 182 Å². The van der Waals surface area contributed by atoms with Crippen LogP contribution < -0.4 is 5.32 Å². The van der Waals surface area contributed by atoms with E-state index in [-0.39, 0.29) is 39.6 Å². The monoisotopic (exact) mass is 881 g/mol. The lowest BCUT2D eigenvalue weighted by molar-refractivity contribution is -0.361. The van der Waals surface area contributed by atoms with E-state index >= 15 is 0 Å². The molecule has 6 aromatic carbocycles. The molecule has 2 heterocycles. The Kier molecular flexibility index (Phi) is 17.4. The van der Waals surface area contributed by atoms with Gasteiger partial charge in [-0.15, -0.1) is 0 Å². The number of ether oxygens (including phenoxy) is 8. The molecule has 2 aliphatic heterocycles. The summed E-state index contributed by atoms with van der Waals surface area (Å²) in [6.45, 7) is 1.83. The van der Waals surface area contributed by atoms with Gasteiger partial charge in [-0.05, 0) is 33.4 Å². The van der Waals surface area contributed by atoms with Crippen LogP contribution >= 0.6 is 0 Å². The van der Waals surface area contributed by atoms with Crippen LogP contribution in [0, 0.1) is 0 Å². The highest BCUT2D eigenvalue weighted by Gasteiger charge is 2.53. The average molecular weight is 882 g/mol. The Hall–Kier alpha value is -5.12. The molecular formula is C54H59NO10. The van der Waals surface area contributed by atoms with Crippen LogP contribution in [0.3, 0.4) is 0 Å². The first kappa shape index (κ1) is 46.4. The van der Waals surface area contributed by atoms with Crippen LogP contribution in [0.2, 0.25) is 0 Å². The van der Waals surface area contributed by atoms with E-state index in [2.05, 4.69) is 5.32 Å². The summed E-state index contributed by atoms with van der Waals surface area (Å²) >= 11 is 0. The van der Waals surface area contributed by atoms with Crippen LogP contribution in [0.1, 0.15) is 33.4 Å². The first-order valence-corrected chi connectivity index (χ1v) is 22.4. The molecule has 0 spiro atoms. The molecule has 6 aromatic rings. The fraction of sp³-hybridized carbons (Fsp3) is 0.333. The highest BCUT2D eigenvalue weighted by Crippen LogP contribution is 2.35. The Morgan fingerprint density at radius 1 is 0.400 bits per heavy atom. The van der Waals surface area contributed by atoms with Crippen molar-refractivity contribution < 1.29 is 48.1 Å². The lowest BCUT2D eigenvalue weighted by Gasteiger charge is -2.49. The zero-order valence-corrected chi connectivity index (χ0v) is 36.4. The standard InChI is InChI=1S/C54H59NO10/c56-48-47(55-31-39-19-7-1-8-20-39)53(57)63-45(37-58-32-40-21-9-2-10-22-40)49(48)65-54-52(62-36-44-29-17-6-18-30-44)51(61-35-43-27-15-5-16-28-43)50(60-34-42-25-13-4-14-26-42)46(64-54)38-59-33-41-23-11-3-12-24-41/h1-30,45-57H,31-38H2/t45-,46-,47-,48-,49-,50-,51+,52-,53+,54-/m1/s1. The molecule has 2 saturated heterocycles. The molecule has 10 atom stereocenters. The summed E-state index contributed by atoms with van der Waals surface area (Å²) in [7, 11) is 0. The van der Waals surface area contributed by atoms with Crippen molar-refractivity contribution in [1.29, 1.82) is 0 Å². The first-order chi connectivity index (χ1) is 32.1. The topological polar surface area (TPSA) is 126 Å². The highest BCUT2D eigenvalue weighted by molar-refractivity contribution is 5.18. The van der Waals surface area contributed by atoms with Crippen LogP contribution in [-0.2, 0) is 77.5 Å². The average Bonchev–Trinajstić information content (AvgIpc) is 3.35. The van der Waals surface area contributed by atoms with Crippen molar-refractivity contribution in [3.63, 3.8) is 0 Å². The molecule has 65 heavy (non-hydrogen) atoms. The minimum atomic E-state index is -1.38. The van der Waals surface area contributed by atoms with E-state index in [0.717, 1.165) is 33.4 Å².